The number of ether oxygens (including phenoxy) is 1. The second kappa shape index (κ2) is 7.13. The number of morpholine rings is 1. The Balaban J connectivity index is 1.45. The molecule has 1 atom stereocenters. The molecule has 2 aliphatic heterocycles. The maximum atomic E-state index is 12.7. The zero-order chi connectivity index (χ0) is 17.2. The van der Waals surface area contributed by atoms with Crippen molar-refractivity contribution in [2.75, 3.05) is 51.3 Å². The van der Waals surface area contributed by atoms with Crippen LogP contribution >= 0.6 is 11.3 Å². The van der Waals surface area contributed by atoms with Crippen molar-refractivity contribution >= 4 is 32.7 Å². The highest BCUT2D eigenvalue weighted by Crippen LogP contribution is 2.30. The van der Waals surface area contributed by atoms with E-state index in [-0.39, 0.29) is 12.1 Å². The molecule has 2 fully saturated rings. The summed E-state index contributed by atoms with van der Waals surface area (Å²) in [5.74, 6) is 0. The average molecular weight is 361 g/mol. The first-order valence-electron chi connectivity index (χ1n) is 8.77. The number of hydrogen-bond acceptors (Lipinski definition) is 6. The van der Waals surface area contributed by atoms with E-state index < -0.39 is 0 Å². The predicted octanol–water partition coefficient (Wildman–Crippen LogP) is 2.04. The molecular weight excluding hydrogens is 338 g/mol. The number of anilines is 1. The summed E-state index contributed by atoms with van der Waals surface area (Å²) in [6, 6.07) is 2.34. The van der Waals surface area contributed by atoms with Gasteiger partial charge in [-0.15, -0.1) is 0 Å². The lowest BCUT2D eigenvalue weighted by atomic mass is 10.1. The maximum Gasteiger partial charge on any atom is 0.320 e. The fourth-order valence-electron chi connectivity index (χ4n) is 3.48. The maximum absolute atomic E-state index is 12.7. The first-order valence-corrected chi connectivity index (χ1v) is 9.59. The van der Waals surface area contributed by atoms with Gasteiger partial charge in [-0.2, -0.15) is 0 Å². The fraction of sp³-hybridized carbons (Fsp3) is 0.588. The molecule has 4 heterocycles. The molecule has 2 amide bonds. The molecule has 0 N–H and O–H groups in total. The molecule has 2 saturated heterocycles. The van der Waals surface area contributed by atoms with Gasteiger partial charge in [0, 0.05) is 39.4 Å². The second-order valence-corrected chi connectivity index (χ2v) is 7.58. The van der Waals surface area contributed by atoms with E-state index in [4.69, 9.17) is 9.72 Å². The average Bonchev–Trinajstić information content (AvgIpc) is 3.12. The summed E-state index contributed by atoms with van der Waals surface area (Å²) in [5, 5.41) is 1.03. The van der Waals surface area contributed by atoms with Crippen molar-refractivity contribution < 1.29 is 9.53 Å². The van der Waals surface area contributed by atoms with Crippen LogP contribution in [0.5, 0.6) is 0 Å². The monoisotopic (exact) mass is 361 g/mol. The van der Waals surface area contributed by atoms with Crippen LogP contribution in [-0.2, 0) is 4.74 Å². The van der Waals surface area contributed by atoms with Gasteiger partial charge in [0.25, 0.3) is 0 Å². The highest BCUT2D eigenvalue weighted by atomic mass is 32.1. The van der Waals surface area contributed by atoms with Crippen molar-refractivity contribution in [1.29, 1.82) is 0 Å². The number of carbonyl (C=O) groups is 1. The largest absolute Gasteiger partial charge is 0.378 e. The van der Waals surface area contributed by atoms with Crippen LogP contribution in [0.2, 0.25) is 0 Å². The Morgan fingerprint density at radius 1 is 1.36 bits per heavy atom. The van der Waals surface area contributed by atoms with Gasteiger partial charge in [0.15, 0.2) is 5.13 Å². The molecule has 1 unspecified atom stereocenters. The third-order valence-electron chi connectivity index (χ3n) is 4.98. The number of amides is 2. The number of nitrogens with zero attached hydrogens (tertiary/aromatic N) is 5. The summed E-state index contributed by atoms with van der Waals surface area (Å²) in [4.78, 5) is 27.7. The lowest BCUT2D eigenvalue weighted by Gasteiger charge is -2.40. The van der Waals surface area contributed by atoms with Gasteiger partial charge in [0.2, 0.25) is 0 Å². The number of carbonyl (C=O) groups excluding carboxylic acids is 1. The SMILES string of the molecule is CN(C(=O)N1CCOCC1)C1CCCN(c2nc3cnccc3s2)C1. The van der Waals surface area contributed by atoms with E-state index in [9.17, 15) is 4.79 Å². The minimum atomic E-state index is 0.114. The lowest BCUT2D eigenvalue weighted by Crippen LogP contribution is -2.54. The molecule has 2 aromatic rings. The Kier molecular flexibility index (Phi) is 4.72. The van der Waals surface area contributed by atoms with Crippen LogP contribution in [0.3, 0.4) is 0 Å². The number of rotatable bonds is 2. The fourth-order valence-corrected chi connectivity index (χ4v) is 4.45. The van der Waals surface area contributed by atoms with Crippen molar-refractivity contribution in [3.63, 3.8) is 0 Å². The van der Waals surface area contributed by atoms with E-state index in [0.29, 0.717) is 26.3 Å². The highest BCUT2D eigenvalue weighted by Gasteiger charge is 2.30. The van der Waals surface area contributed by atoms with Crippen molar-refractivity contribution in [2.24, 2.45) is 0 Å². The Morgan fingerprint density at radius 3 is 3.00 bits per heavy atom. The molecule has 0 radical (unpaired) electrons. The van der Waals surface area contributed by atoms with Crippen molar-refractivity contribution in [1.82, 2.24) is 19.8 Å². The first-order chi connectivity index (χ1) is 12.2. The molecule has 0 aromatic carbocycles. The standard InChI is InChI=1S/C17H23N5O2S/c1-20(17(23)21-7-9-24-10-8-21)13-3-2-6-22(12-13)16-19-14-11-18-5-4-15(14)25-16/h4-5,11,13H,2-3,6-10,12H2,1H3. The number of hydrogen-bond donors (Lipinski definition) is 0. The predicted molar refractivity (Wildman–Crippen MR) is 98.2 cm³/mol. The molecular formula is C17H23N5O2S. The minimum absolute atomic E-state index is 0.114. The van der Waals surface area contributed by atoms with E-state index in [2.05, 4.69) is 9.88 Å². The molecule has 0 saturated carbocycles. The van der Waals surface area contributed by atoms with Gasteiger partial charge in [-0.1, -0.05) is 11.3 Å². The van der Waals surface area contributed by atoms with Crippen LogP contribution in [-0.4, -0.2) is 78.3 Å². The number of thiazole rings is 1. The zero-order valence-electron chi connectivity index (χ0n) is 14.4. The van der Waals surface area contributed by atoms with Gasteiger partial charge in [0.05, 0.1) is 30.2 Å². The zero-order valence-corrected chi connectivity index (χ0v) is 15.2. The van der Waals surface area contributed by atoms with Crippen molar-refractivity contribution in [2.45, 2.75) is 18.9 Å². The first kappa shape index (κ1) is 16.5. The van der Waals surface area contributed by atoms with Crippen molar-refractivity contribution in [3.8, 4) is 0 Å². The summed E-state index contributed by atoms with van der Waals surface area (Å²) in [5.41, 5.74) is 0.947. The molecule has 25 heavy (non-hydrogen) atoms. The number of likely N-dealkylation sites (N-methyl/N-ethyl adjacent to an activating group) is 1. The van der Waals surface area contributed by atoms with Crippen LogP contribution in [0.1, 0.15) is 12.8 Å². The van der Waals surface area contributed by atoms with E-state index in [1.807, 2.05) is 29.1 Å². The van der Waals surface area contributed by atoms with Crippen LogP contribution in [0, 0.1) is 0 Å². The summed E-state index contributed by atoms with van der Waals surface area (Å²) in [7, 11) is 1.92. The Bertz CT molecular complexity index is 712. The number of pyridine rings is 1. The van der Waals surface area contributed by atoms with Gasteiger partial charge in [-0.25, -0.2) is 9.78 Å². The summed E-state index contributed by atoms with van der Waals surface area (Å²) in [6.45, 7) is 4.46. The Hall–Kier alpha value is -1.93. The number of piperidine rings is 1. The third-order valence-corrected chi connectivity index (χ3v) is 6.07. The number of urea groups is 1. The van der Waals surface area contributed by atoms with E-state index >= 15 is 0 Å². The normalized spacial score (nSPS) is 21.6. The summed E-state index contributed by atoms with van der Waals surface area (Å²) >= 11 is 1.70. The van der Waals surface area contributed by atoms with Crippen LogP contribution < -0.4 is 4.90 Å². The van der Waals surface area contributed by atoms with Gasteiger partial charge < -0.3 is 19.4 Å². The van der Waals surface area contributed by atoms with Gasteiger partial charge in [-0.05, 0) is 18.9 Å². The molecule has 7 nitrogen and oxygen atoms in total. The van der Waals surface area contributed by atoms with Gasteiger partial charge in [-0.3, -0.25) is 4.98 Å². The molecule has 0 spiro atoms. The van der Waals surface area contributed by atoms with Crippen molar-refractivity contribution in [3.05, 3.63) is 18.5 Å². The molecule has 2 aliphatic rings. The highest BCUT2D eigenvalue weighted by molar-refractivity contribution is 7.22. The molecule has 0 aliphatic carbocycles. The minimum Gasteiger partial charge on any atom is -0.378 e. The molecule has 4 rings (SSSR count). The van der Waals surface area contributed by atoms with Crippen LogP contribution in [0.15, 0.2) is 18.5 Å². The second-order valence-electron chi connectivity index (χ2n) is 6.57. The van der Waals surface area contributed by atoms with E-state index in [0.717, 1.165) is 41.3 Å². The topological polar surface area (TPSA) is 61.8 Å². The van der Waals surface area contributed by atoms with E-state index in [1.54, 1.807) is 17.5 Å². The van der Waals surface area contributed by atoms with Crippen LogP contribution in [0.25, 0.3) is 10.2 Å². The van der Waals surface area contributed by atoms with Gasteiger partial charge >= 0.3 is 6.03 Å². The molecule has 2 aromatic heterocycles. The Labute approximate surface area is 151 Å². The van der Waals surface area contributed by atoms with Gasteiger partial charge in [0.1, 0.15) is 5.52 Å². The summed E-state index contributed by atoms with van der Waals surface area (Å²) < 4.78 is 6.50. The lowest BCUT2D eigenvalue weighted by molar-refractivity contribution is 0.0414. The molecule has 134 valence electrons. The summed E-state index contributed by atoms with van der Waals surface area (Å²) in [6.07, 6.45) is 5.72. The third kappa shape index (κ3) is 3.41. The molecule has 0 bridgehead atoms. The van der Waals surface area contributed by atoms with E-state index in [1.165, 1.54) is 0 Å². The smallest absolute Gasteiger partial charge is 0.320 e. The number of fused-ring (bicyclic) bond motifs is 1. The Morgan fingerprint density at radius 2 is 2.20 bits per heavy atom. The molecule has 8 heteroatoms. The number of aromatic nitrogens is 2. The van der Waals surface area contributed by atoms with Crippen LogP contribution in [0.4, 0.5) is 9.93 Å². The quantitative estimate of drug-likeness (QED) is 0.819.